The van der Waals surface area contributed by atoms with Crippen LogP contribution in [0, 0.1) is 17.0 Å². The molecule has 8 nitrogen and oxygen atoms in total. The average Bonchev–Trinajstić information content (AvgIpc) is 2.98. The van der Waals surface area contributed by atoms with Crippen molar-refractivity contribution in [3.8, 4) is 0 Å². The highest BCUT2D eigenvalue weighted by Gasteiger charge is 2.16. The summed E-state index contributed by atoms with van der Waals surface area (Å²) in [5.41, 5.74) is 1.56. The van der Waals surface area contributed by atoms with Gasteiger partial charge in [0.15, 0.2) is 0 Å². The van der Waals surface area contributed by atoms with Crippen molar-refractivity contribution in [2.24, 2.45) is 4.40 Å². The average molecular weight is 422 g/mol. The number of thiazole rings is 1. The van der Waals surface area contributed by atoms with E-state index in [1.54, 1.807) is 22.8 Å². The smallest absolute Gasteiger partial charge is 0.285 e. The highest BCUT2D eigenvalue weighted by atomic mass is 32.2. The van der Waals surface area contributed by atoms with E-state index in [-0.39, 0.29) is 15.4 Å². The van der Waals surface area contributed by atoms with Crippen molar-refractivity contribution in [2.75, 3.05) is 13.2 Å². The number of ether oxygens (including phenoxy) is 1. The second kappa shape index (κ2) is 8.21. The molecule has 0 unspecified atom stereocenters. The molecule has 3 aromatic rings. The number of aryl methyl sites for hydroxylation is 1. The van der Waals surface area contributed by atoms with Gasteiger partial charge in [-0.05, 0) is 32.0 Å². The summed E-state index contributed by atoms with van der Waals surface area (Å²) >= 11 is 1.10. The number of benzene rings is 2. The van der Waals surface area contributed by atoms with Crippen molar-refractivity contribution in [3.63, 3.8) is 0 Å². The number of nitro groups is 1. The number of hydrogen-bond donors (Lipinski definition) is 0. The molecule has 0 radical (unpaired) electrons. The summed E-state index contributed by atoms with van der Waals surface area (Å²) in [6.45, 7) is 5.02. The monoisotopic (exact) mass is 421 g/mol. The molecule has 148 valence electrons. The van der Waals surface area contributed by atoms with Crippen LogP contribution in [0.25, 0.3) is 10.2 Å². The molecule has 0 bridgehead atoms. The maximum atomic E-state index is 12.7. The summed E-state index contributed by atoms with van der Waals surface area (Å²) in [6, 6.07) is 10.9. The van der Waals surface area contributed by atoms with Crippen LogP contribution in [-0.2, 0) is 21.3 Å². The van der Waals surface area contributed by atoms with Gasteiger partial charge in [0.2, 0.25) is 4.80 Å². The molecule has 0 aliphatic rings. The molecule has 0 saturated carbocycles. The van der Waals surface area contributed by atoms with E-state index in [2.05, 4.69) is 4.40 Å². The van der Waals surface area contributed by atoms with Crippen LogP contribution in [0.2, 0.25) is 0 Å². The van der Waals surface area contributed by atoms with Gasteiger partial charge in [-0.3, -0.25) is 10.1 Å². The van der Waals surface area contributed by atoms with Crippen LogP contribution in [-0.4, -0.2) is 31.1 Å². The fourth-order valence-electron chi connectivity index (χ4n) is 2.63. The molecule has 2 aromatic carbocycles. The van der Waals surface area contributed by atoms with Gasteiger partial charge in [0.25, 0.3) is 15.7 Å². The minimum absolute atomic E-state index is 0.0568. The molecule has 1 heterocycles. The fraction of sp³-hybridized carbons (Fsp3) is 0.278. The molecule has 0 saturated heterocycles. The molecule has 0 spiro atoms. The maximum absolute atomic E-state index is 12.7. The normalized spacial score (nSPS) is 12.6. The molecule has 0 aliphatic heterocycles. The molecule has 0 aliphatic carbocycles. The van der Waals surface area contributed by atoms with E-state index < -0.39 is 14.9 Å². The first-order valence-electron chi connectivity index (χ1n) is 8.55. The third-order valence-corrected chi connectivity index (χ3v) is 6.50. The van der Waals surface area contributed by atoms with Crippen LogP contribution in [0.3, 0.4) is 0 Å². The summed E-state index contributed by atoms with van der Waals surface area (Å²) in [6.07, 6.45) is 0. The third kappa shape index (κ3) is 4.29. The van der Waals surface area contributed by atoms with Crippen molar-refractivity contribution < 1.29 is 18.1 Å². The highest BCUT2D eigenvalue weighted by Crippen LogP contribution is 2.24. The van der Waals surface area contributed by atoms with Gasteiger partial charge >= 0.3 is 0 Å². The Kier molecular flexibility index (Phi) is 5.92. The number of rotatable bonds is 7. The summed E-state index contributed by atoms with van der Waals surface area (Å²) in [5, 5.41) is 11.1. The van der Waals surface area contributed by atoms with Crippen LogP contribution in [0.15, 0.2) is 51.8 Å². The van der Waals surface area contributed by atoms with Gasteiger partial charge in [0, 0.05) is 25.3 Å². The molecule has 0 atom stereocenters. The zero-order chi connectivity index (χ0) is 20.3. The van der Waals surface area contributed by atoms with Gasteiger partial charge in [-0.1, -0.05) is 29.0 Å². The van der Waals surface area contributed by atoms with Crippen LogP contribution < -0.4 is 4.80 Å². The van der Waals surface area contributed by atoms with E-state index >= 15 is 0 Å². The largest absolute Gasteiger partial charge is 0.380 e. The van der Waals surface area contributed by atoms with E-state index in [9.17, 15) is 18.5 Å². The number of fused-ring (bicyclic) bond motifs is 1. The lowest BCUT2D eigenvalue weighted by atomic mass is 10.2. The van der Waals surface area contributed by atoms with Crippen LogP contribution >= 0.6 is 11.3 Å². The Morgan fingerprint density at radius 3 is 2.57 bits per heavy atom. The SMILES string of the molecule is CCOCCn1/c(=N/S(=O)(=O)c2ccc(C)cc2)sc2cc([N+](=O)[O-])ccc21. The van der Waals surface area contributed by atoms with Crippen molar-refractivity contribution in [3.05, 3.63) is 62.9 Å². The van der Waals surface area contributed by atoms with Gasteiger partial charge < -0.3 is 9.30 Å². The second-order valence-corrected chi connectivity index (χ2v) is 8.63. The van der Waals surface area contributed by atoms with Crippen LogP contribution in [0.1, 0.15) is 12.5 Å². The van der Waals surface area contributed by atoms with Gasteiger partial charge in [-0.25, -0.2) is 0 Å². The molecule has 0 amide bonds. The molecule has 0 N–H and O–H groups in total. The van der Waals surface area contributed by atoms with Gasteiger partial charge in [-0.15, -0.1) is 4.40 Å². The van der Waals surface area contributed by atoms with Crippen molar-refractivity contribution in [2.45, 2.75) is 25.3 Å². The lowest BCUT2D eigenvalue weighted by molar-refractivity contribution is -0.384. The van der Waals surface area contributed by atoms with Crippen molar-refractivity contribution >= 4 is 37.3 Å². The number of non-ortho nitro benzene ring substituents is 1. The molecule has 28 heavy (non-hydrogen) atoms. The lowest BCUT2D eigenvalue weighted by Crippen LogP contribution is -2.19. The van der Waals surface area contributed by atoms with E-state index in [1.807, 2.05) is 13.8 Å². The van der Waals surface area contributed by atoms with Gasteiger partial charge in [0.05, 0.1) is 26.6 Å². The predicted octanol–water partition coefficient (Wildman–Crippen LogP) is 3.25. The Morgan fingerprint density at radius 1 is 1.21 bits per heavy atom. The number of nitro benzene ring substituents is 1. The Balaban J connectivity index is 2.16. The maximum Gasteiger partial charge on any atom is 0.285 e. The Labute approximate surface area is 165 Å². The Hall–Kier alpha value is -2.56. The zero-order valence-electron chi connectivity index (χ0n) is 15.4. The zero-order valence-corrected chi connectivity index (χ0v) is 17.0. The van der Waals surface area contributed by atoms with Crippen LogP contribution in [0.5, 0.6) is 0 Å². The number of aromatic nitrogens is 1. The van der Waals surface area contributed by atoms with E-state index in [1.165, 1.54) is 24.3 Å². The topological polar surface area (TPSA) is 104 Å². The molecule has 3 rings (SSSR count). The minimum Gasteiger partial charge on any atom is -0.380 e. The standard InChI is InChI=1S/C18H19N3O5S2/c1-3-26-11-10-20-16-9-6-14(21(22)23)12-17(16)27-18(20)19-28(24,25)15-7-4-13(2)5-8-15/h4-9,12H,3,10-11H2,1-2H3/b19-18-. The van der Waals surface area contributed by atoms with E-state index in [0.29, 0.717) is 30.0 Å². The molecular weight excluding hydrogens is 402 g/mol. The number of hydrogen-bond acceptors (Lipinski definition) is 6. The minimum atomic E-state index is -3.92. The summed E-state index contributed by atoms with van der Waals surface area (Å²) in [4.78, 5) is 10.9. The first-order chi connectivity index (χ1) is 13.3. The highest BCUT2D eigenvalue weighted by molar-refractivity contribution is 7.90. The Bertz CT molecular complexity index is 1180. The van der Waals surface area contributed by atoms with E-state index in [4.69, 9.17) is 4.74 Å². The summed E-state index contributed by atoms with van der Waals surface area (Å²) in [5.74, 6) is 0. The molecule has 0 fully saturated rings. The van der Waals surface area contributed by atoms with Crippen molar-refractivity contribution in [1.29, 1.82) is 0 Å². The quantitative estimate of drug-likeness (QED) is 0.331. The van der Waals surface area contributed by atoms with Gasteiger partial charge in [-0.2, -0.15) is 8.42 Å². The molecule has 10 heteroatoms. The second-order valence-electron chi connectivity index (χ2n) is 6.02. The van der Waals surface area contributed by atoms with E-state index in [0.717, 1.165) is 16.9 Å². The lowest BCUT2D eigenvalue weighted by Gasteiger charge is -2.05. The summed E-state index contributed by atoms with van der Waals surface area (Å²) < 4.78 is 37.2. The first kappa shape index (κ1) is 20.2. The molecule has 1 aromatic heterocycles. The third-order valence-electron chi connectivity index (χ3n) is 4.06. The predicted molar refractivity (Wildman–Crippen MR) is 107 cm³/mol. The number of sulfonamides is 1. The Morgan fingerprint density at radius 2 is 1.93 bits per heavy atom. The van der Waals surface area contributed by atoms with Crippen LogP contribution in [0.4, 0.5) is 5.69 Å². The van der Waals surface area contributed by atoms with Crippen molar-refractivity contribution in [1.82, 2.24) is 4.57 Å². The summed E-state index contributed by atoms with van der Waals surface area (Å²) in [7, 11) is -3.92. The van der Waals surface area contributed by atoms with Gasteiger partial charge in [0.1, 0.15) is 0 Å². The fourth-order valence-corrected chi connectivity index (χ4v) is 4.92. The number of nitrogens with zero attached hydrogens (tertiary/aromatic N) is 3. The molecular formula is C18H19N3O5S2. The first-order valence-corrected chi connectivity index (χ1v) is 10.8.